The van der Waals surface area contributed by atoms with Gasteiger partial charge in [-0.25, -0.2) is 15.0 Å². The summed E-state index contributed by atoms with van der Waals surface area (Å²) in [6.45, 7) is 0. The summed E-state index contributed by atoms with van der Waals surface area (Å²) < 4.78 is 13.8. The Labute approximate surface area is 361 Å². The van der Waals surface area contributed by atoms with Gasteiger partial charge in [0.2, 0.25) is 0 Å². The third-order valence-corrected chi connectivity index (χ3v) is 14.9. The maximum Gasteiger partial charge on any atom is 0.166 e. The van der Waals surface area contributed by atoms with E-state index in [0.717, 1.165) is 64.7 Å². The Balaban J connectivity index is 1.12. The number of furan rings is 1. The molecule has 0 aliphatic carbocycles. The fourth-order valence-electron chi connectivity index (χ4n) is 9.62. The molecule has 5 heterocycles. The lowest BCUT2D eigenvalue weighted by molar-refractivity contribution is 0.669. The zero-order valence-electron chi connectivity index (χ0n) is 32.8. The topological polar surface area (TPSA) is 56.7 Å². The Hall–Kier alpha value is -7.71. The molecule has 0 unspecified atom stereocenters. The van der Waals surface area contributed by atoms with Gasteiger partial charge in [0.25, 0.3) is 0 Å². The summed E-state index contributed by atoms with van der Waals surface area (Å²) in [5.41, 5.74) is 7.60. The van der Waals surface area contributed by atoms with Crippen molar-refractivity contribution in [2.75, 3.05) is 0 Å². The van der Waals surface area contributed by atoms with Crippen LogP contribution in [-0.2, 0) is 0 Å². The van der Waals surface area contributed by atoms with Gasteiger partial charge in [-0.2, -0.15) is 0 Å². The molecule has 14 rings (SSSR count). The highest BCUT2D eigenvalue weighted by Crippen LogP contribution is 2.45. The van der Waals surface area contributed by atoms with Crippen LogP contribution in [0.5, 0.6) is 0 Å². The van der Waals surface area contributed by atoms with Crippen LogP contribution in [0, 0.1) is 0 Å². The van der Waals surface area contributed by atoms with E-state index in [-0.39, 0.29) is 0 Å². The molecular weight excluding hydrogens is 797 g/mol. The molecule has 0 saturated carbocycles. The first-order chi connectivity index (χ1) is 30.7. The Morgan fingerprint density at radius 1 is 0.355 bits per heavy atom. The second-order valence-corrected chi connectivity index (χ2v) is 18.0. The van der Waals surface area contributed by atoms with Crippen molar-refractivity contribution in [2.45, 2.75) is 0 Å². The van der Waals surface area contributed by atoms with Crippen LogP contribution >= 0.6 is 22.7 Å². The number of benzene rings is 9. The number of para-hydroxylation sites is 2. The van der Waals surface area contributed by atoms with Crippen LogP contribution < -0.4 is 0 Å². The monoisotopic (exact) mass is 826 g/mol. The van der Waals surface area contributed by atoms with E-state index in [4.69, 9.17) is 19.4 Å². The van der Waals surface area contributed by atoms with E-state index in [1.807, 2.05) is 12.1 Å². The summed E-state index contributed by atoms with van der Waals surface area (Å²) >= 11 is 3.57. The Bertz CT molecular complexity index is 4060. The van der Waals surface area contributed by atoms with Gasteiger partial charge in [-0.3, -0.25) is 0 Å². The smallest absolute Gasteiger partial charge is 0.166 e. The van der Waals surface area contributed by atoms with Gasteiger partial charge in [0, 0.05) is 78.6 Å². The molecule has 0 atom stereocenters. The molecule has 0 bridgehead atoms. The maximum atomic E-state index is 6.65. The molecule has 0 aliphatic heterocycles. The van der Waals surface area contributed by atoms with Gasteiger partial charge in [0.1, 0.15) is 11.2 Å². The molecule has 0 fully saturated rings. The number of hydrogen-bond donors (Lipinski definition) is 0. The predicted octanol–water partition coefficient (Wildman–Crippen LogP) is 15.8. The van der Waals surface area contributed by atoms with Gasteiger partial charge >= 0.3 is 0 Å². The highest BCUT2D eigenvalue weighted by molar-refractivity contribution is 7.26. The van der Waals surface area contributed by atoms with Gasteiger partial charge < -0.3 is 8.98 Å². The van der Waals surface area contributed by atoms with E-state index in [9.17, 15) is 0 Å². The Morgan fingerprint density at radius 3 is 1.56 bits per heavy atom. The van der Waals surface area contributed by atoms with Crippen LogP contribution in [0.25, 0.3) is 135 Å². The second kappa shape index (κ2) is 12.9. The molecular formula is C55H30N4OS2. The molecule has 7 heteroatoms. The molecule has 0 saturated heterocycles. The van der Waals surface area contributed by atoms with Crippen LogP contribution in [0.15, 0.2) is 186 Å². The number of fused-ring (bicyclic) bond motifs is 13. The predicted molar refractivity (Wildman–Crippen MR) is 261 cm³/mol. The molecule has 62 heavy (non-hydrogen) atoms. The van der Waals surface area contributed by atoms with Crippen LogP contribution in [0.3, 0.4) is 0 Å². The fourth-order valence-corrected chi connectivity index (χ4v) is 12.0. The van der Waals surface area contributed by atoms with Crippen molar-refractivity contribution in [2.24, 2.45) is 0 Å². The van der Waals surface area contributed by atoms with Gasteiger partial charge in [0.05, 0.1) is 16.7 Å². The molecule has 5 nitrogen and oxygen atoms in total. The minimum Gasteiger partial charge on any atom is -0.456 e. The van der Waals surface area contributed by atoms with E-state index < -0.39 is 0 Å². The lowest BCUT2D eigenvalue weighted by Crippen LogP contribution is -2.04. The van der Waals surface area contributed by atoms with Crippen molar-refractivity contribution >= 4 is 118 Å². The van der Waals surface area contributed by atoms with E-state index >= 15 is 0 Å². The largest absolute Gasteiger partial charge is 0.456 e. The summed E-state index contributed by atoms with van der Waals surface area (Å²) in [6.07, 6.45) is 0. The van der Waals surface area contributed by atoms with Crippen molar-refractivity contribution in [1.82, 2.24) is 19.5 Å². The number of hydrogen-bond acceptors (Lipinski definition) is 6. The van der Waals surface area contributed by atoms with Crippen molar-refractivity contribution in [1.29, 1.82) is 0 Å². The molecule has 0 radical (unpaired) electrons. The number of thiophene rings is 2. The quantitative estimate of drug-likeness (QED) is 0.177. The highest BCUT2D eigenvalue weighted by Gasteiger charge is 2.24. The van der Waals surface area contributed by atoms with Crippen molar-refractivity contribution in [3.63, 3.8) is 0 Å². The summed E-state index contributed by atoms with van der Waals surface area (Å²) in [4.78, 5) is 16.5. The molecule has 0 amide bonds. The normalized spacial score (nSPS) is 12.2. The third-order valence-electron chi connectivity index (χ3n) is 12.4. The summed E-state index contributed by atoms with van der Waals surface area (Å²) in [7, 11) is 0. The standard InChI is InChI=1S/C55H30N4OS2/c1-2-14-32-28-45-41(27-31(32)13-1)33-15-3-7-23-44(33)59(45)46-29-42-34-16-4-8-24-47(34)60-48(42)30-43(46)55-57-53(39-21-11-19-37-35-17-5-9-25-49(35)61-51(37)39)56-54(58-55)40-22-12-20-38-36-18-6-10-26-50(36)62-52(38)40/h1-30H. The van der Waals surface area contributed by atoms with Gasteiger partial charge in [0.15, 0.2) is 17.5 Å². The van der Waals surface area contributed by atoms with Crippen LogP contribution in [0.1, 0.15) is 0 Å². The lowest BCUT2D eigenvalue weighted by atomic mass is 10.0. The summed E-state index contributed by atoms with van der Waals surface area (Å²) in [5, 5.41) is 11.7. The van der Waals surface area contributed by atoms with Gasteiger partial charge in [-0.1, -0.05) is 121 Å². The molecule has 288 valence electrons. The van der Waals surface area contributed by atoms with Crippen LogP contribution in [0.4, 0.5) is 0 Å². The maximum absolute atomic E-state index is 6.65. The average Bonchev–Trinajstić information content (AvgIpc) is 4.09. The van der Waals surface area contributed by atoms with Crippen LogP contribution in [0.2, 0.25) is 0 Å². The van der Waals surface area contributed by atoms with E-state index in [1.54, 1.807) is 22.7 Å². The molecule has 14 aromatic rings. The summed E-state index contributed by atoms with van der Waals surface area (Å²) in [6, 6.07) is 64.9. The Kier molecular flexibility index (Phi) is 7.08. The lowest BCUT2D eigenvalue weighted by Gasteiger charge is -2.15. The number of rotatable bonds is 4. The molecule has 0 spiro atoms. The minimum atomic E-state index is 0.574. The van der Waals surface area contributed by atoms with Crippen molar-refractivity contribution in [3.05, 3.63) is 182 Å². The average molecular weight is 827 g/mol. The SMILES string of the molecule is c1ccc2cc3c(cc2c1)c1ccccc1n3-c1cc2c(cc1-c1nc(-c3cccc4c3sc3ccccc34)nc(-c3cccc4c3sc3ccccc34)n1)oc1ccccc12. The molecule has 5 aromatic heterocycles. The van der Waals surface area contributed by atoms with Crippen LogP contribution in [-0.4, -0.2) is 19.5 Å². The first kappa shape index (κ1) is 34.0. The Morgan fingerprint density at radius 2 is 0.887 bits per heavy atom. The summed E-state index contributed by atoms with van der Waals surface area (Å²) in [5.74, 6) is 1.83. The van der Waals surface area contributed by atoms with Gasteiger partial charge in [-0.05, 0) is 71.4 Å². The number of nitrogens with zero attached hydrogens (tertiary/aromatic N) is 4. The van der Waals surface area contributed by atoms with E-state index in [2.05, 4.69) is 174 Å². The zero-order valence-corrected chi connectivity index (χ0v) is 34.5. The third kappa shape index (κ3) is 4.92. The minimum absolute atomic E-state index is 0.574. The van der Waals surface area contributed by atoms with E-state index in [1.165, 1.54) is 52.5 Å². The first-order valence-electron chi connectivity index (χ1n) is 20.7. The number of aromatic nitrogens is 4. The molecule has 0 N–H and O–H groups in total. The van der Waals surface area contributed by atoms with Crippen molar-refractivity contribution in [3.8, 4) is 39.9 Å². The molecule has 9 aromatic carbocycles. The second-order valence-electron chi connectivity index (χ2n) is 15.9. The van der Waals surface area contributed by atoms with Crippen molar-refractivity contribution < 1.29 is 4.42 Å². The van der Waals surface area contributed by atoms with Gasteiger partial charge in [-0.15, -0.1) is 22.7 Å². The molecule has 0 aliphatic rings. The first-order valence-corrected chi connectivity index (χ1v) is 22.3. The highest BCUT2D eigenvalue weighted by atomic mass is 32.1. The van der Waals surface area contributed by atoms with E-state index in [0.29, 0.717) is 17.5 Å². The fraction of sp³-hybridized carbons (Fsp3) is 0. The zero-order chi connectivity index (χ0) is 40.5.